The van der Waals surface area contributed by atoms with E-state index < -0.39 is 5.60 Å². The molecule has 0 atom stereocenters. The topological polar surface area (TPSA) is 63.2 Å². The number of benzene rings is 1. The zero-order valence-electron chi connectivity index (χ0n) is 18.6. The number of hydrogen-bond donors (Lipinski definition) is 2. The van der Waals surface area contributed by atoms with Crippen LogP contribution in [-0.4, -0.2) is 29.3 Å². The summed E-state index contributed by atoms with van der Waals surface area (Å²) in [6.07, 6.45) is 6.93. The monoisotopic (exact) mass is 445 g/mol. The molecule has 1 heterocycles. The molecule has 0 bridgehead atoms. The van der Waals surface area contributed by atoms with Crippen LogP contribution in [0.25, 0.3) is 11.3 Å². The van der Waals surface area contributed by atoms with Gasteiger partial charge in [-0.25, -0.2) is 14.2 Å². The lowest BCUT2D eigenvalue weighted by atomic mass is 9.86. The first-order valence-corrected chi connectivity index (χ1v) is 12.1. The van der Waals surface area contributed by atoms with Crippen molar-refractivity contribution in [3.05, 3.63) is 34.5 Å². The van der Waals surface area contributed by atoms with Gasteiger partial charge in [-0.1, -0.05) is 6.07 Å². The third kappa shape index (κ3) is 5.76. The molecule has 0 radical (unpaired) electrons. The number of anilines is 1. The number of thiazole rings is 1. The third-order valence-electron chi connectivity index (χ3n) is 5.98. The van der Waals surface area contributed by atoms with Gasteiger partial charge in [0.05, 0.1) is 5.69 Å². The molecule has 5 nitrogen and oxygen atoms in total. The van der Waals surface area contributed by atoms with Gasteiger partial charge in [-0.3, -0.25) is 0 Å². The molecule has 2 N–H and O–H groups in total. The Balaban J connectivity index is 1.31. The number of hydrogen-bond acceptors (Lipinski definition) is 5. The Morgan fingerprint density at radius 2 is 2.00 bits per heavy atom. The molecule has 1 amide bonds. The Hall–Kier alpha value is -2.15. The van der Waals surface area contributed by atoms with Crippen molar-refractivity contribution in [1.29, 1.82) is 0 Å². The van der Waals surface area contributed by atoms with Crippen LogP contribution in [-0.2, 0) is 17.6 Å². The van der Waals surface area contributed by atoms with Crippen LogP contribution in [0, 0.1) is 11.7 Å². The lowest BCUT2D eigenvalue weighted by Gasteiger charge is -2.29. The van der Waals surface area contributed by atoms with Crippen molar-refractivity contribution in [2.75, 3.05) is 11.9 Å². The minimum atomic E-state index is -0.468. The van der Waals surface area contributed by atoms with Gasteiger partial charge in [0.1, 0.15) is 11.4 Å². The number of aromatic nitrogens is 1. The fourth-order valence-electron chi connectivity index (χ4n) is 4.45. The summed E-state index contributed by atoms with van der Waals surface area (Å²) in [5.74, 6) is 0.279. The van der Waals surface area contributed by atoms with Crippen molar-refractivity contribution in [2.24, 2.45) is 5.92 Å². The molecule has 0 spiro atoms. The number of halogens is 1. The third-order valence-corrected chi connectivity index (χ3v) is 7.03. The van der Waals surface area contributed by atoms with Gasteiger partial charge >= 0.3 is 6.09 Å². The SMILES string of the molecule is CC(C)(C)OC(=O)NCC1CCC(Nc2nc3c(s2)CCCc2ccc(F)cc2-3)CC1. The van der Waals surface area contributed by atoms with E-state index in [-0.39, 0.29) is 11.9 Å². The van der Waals surface area contributed by atoms with Crippen LogP contribution in [0.3, 0.4) is 0 Å². The first kappa shape index (κ1) is 22.1. The van der Waals surface area contributed by atoms with E-state index in [9.17, 15) is 9.18 Å². The molecule has 0 aliphatic heterocycles. The van der Waals surface area contributed by atoms with E-state index >= 15 is 0 Å². The van der Waals surface area contributed by atoms with E-state index in [1.807, 2.05) is 26.8 Å². The van der Waals surface area contributed by atoms with Gasteiger partial charge in [-0.2, -0.15) is 0 Å². The van der Waals surface area contributed by atoms with Gasteiger partial charge < -0.3 is 15.4 Å². The first-order valence-electron chi connectivity index (χ1n) is 11.3. The highest BCUT2D eigenvalue weighted by molar-refractivity contribution is 7.16. The number of carbonyl (C=O) groups excluding carboxylic acids is 1. The summed E-state index contributed by atoms with van der Waals surface area (Å²) in [6.45, 7) is 6.28. The maximum Gasteiger partial charge on any atom is 0.407 e. The smallest absolute Gasteiger partial charge is 0.407 e. The van der Waals surface area contributed by atoms with Crippen LogP contribution >= 0.6 is 11.3 Å². The Morgan fingerprint density at radius 1 is 1.23 bits per heavy atom. The van der Waals surface area contributed by atoms with E-state index in [1.165, 1.54) is 10.4 Å². The summed E-state index contributed by atoms with van der Waals surface area (Å²) in [5.41, 5.74) is 2.63. The molecule has 1 saturated carbocycles. The van der Waals surface area contributed by atoms with Crippen LogP contribution in [0.4, 0.5) is 14.3 Å². The van der Waals surface area contributed by atoms with E-state index in [2.05, 4.69) is 10.6 Å². The molecule has 31 heavy (non-hydrogen) atoms. The Kier molecular flexibility index (Phi) is 6.51. The zero-order chi connectivity index (χ0) is 22.0. The van der Waals surface area contributed by atoms with Crippen molar-refractivity contribution in [3.8, 4) is 11.3 Å². The van der Waals surface area contributed by atoms with Gasteiger partial charge in [-0.15, -0.1) is 11.3 Å². The molecule has 2 aromatic rings. The number of nitrogens with zero attached hydrogens (tertiary/aromatic N) is 1. The molecule has 1 aromatic carbocycles. The first-order chi connectivity index (χ1) is 14.8. The number of ether oxygens (including phenoxy) is 1. The van der Waals surface area contributed by atoms with Crippen LogP contribution < -0.4 is 10.6 Å². The van der Waals surface area contributed by atoms with Crippen LogP contribution in [0.2, 0.25) is 0 Å². The van der Waals surface area contributed by atoms with Crippen molar-refractivity contribution in [3.63, 3.8) is 0 Å². The maximum atomic E-state index is 13.9. The Bertz CT molecular complexity index is 929. The molecule has 2 aliphatic carbocycles. The molecule has 4 rings (SSSR count). The Labute approximate surface area is 187 Å². The number of rotatable bonds is 4. The molecule has 0 unspecified atom stereocenters. The summed E-state index contributed by atoms with van der Waals surface area (Å²) >= 11 is 1.71. The summed E-state index contributed by atoms with van der Waals surface area (Å²) in [5, 5.41) is 7.47. The van der Waals surface area contributed by atoms with Gasteiger partial charge in [0.2, 0.25) is 0 Å². The highest BCUT2D eigenvalue weighted by Gasteiger charge is 2.25. The number of nitrogens with one attached hydrogen (secondary N) is 2. The highest BCUT2D eigenvalue weighted by Crippen LogP contribution is 2.38. The summed E-state index contributed by atoms with van der Waals surface area (Å²) < 4.78 is 19.2. The molecule has 1 aromatic heterocycles. The predicted octanol–water partition coefficient (Wildman–Crippen LogP) is 5.93. The molecular formula is C24H32FN3O2S. The van der Waals surface area contributed by atoms with Gasteiger partial charge in [0.25, 0.3) is 0 Å². The lowest BCUT2D eigenvalue weighted by molar-refractivity contribution is 0.0515. The molecule has 2 aliphatic rings. The number of carbonyl (C=O) groups is 1. The summed E-state index contributed by atoms with van der Waals surface area (Å²) in [6, 6.07) is 5.47. The molecular weight excluding hydrogens is 413 g/mol. The molecule has 1 fully saturated rings. The normalized spacial score (nSPS) is 20.9. The number of alkyl carbamates (subject to hydrolysis) is 1. The minimum Gasteiger partial charge on any atom is -0.444 e. The number of aryl methyl sites for hydroxylation is 2. The van der Waals surface area contributed by atoms with E-state index in [4.69, 9.17) is 9.72 Å². The van der Waals surface area contributed by atoms with E-state index in [0.29, 0.717) is 18.5 Å². The van der Waals surface area contributed by atoms with E-state index in [1.54, 1.807) is 23.5 Å². The number of fused-ring (bicyclic) bond motifs is 3. The van der Waals surface area contributed by atoms with Crippen LogP contribution in [0.5, 0.6) is 0 Å². The van der Waals surface area contributed by atoms with E-state index in [0.717, 1.165) is 61.3 Å². The van der Waals surface area contributed by atoms with Gasteiger partial charge in [-0.05, 0) is 89.3 Å². The minimum absolute atomic E-state index is 0.201. The predicted molar refractivity (Wildman–Crippen MR) is 123 cm³/mol. The van der Waals surface area contributed by atoms with Crippen molar-refractivity contribution in [1.82, 2.24) is 10.3 Å². The maximum absolute atomic E-state index is 13.9. The van der Waals surface area contributed by atoms with Crippen LogP contribution in [0.15, 0.2) is 18.2 Å². The standard InChI is InChI=1S/C24H32FN3O2S/c1-24(2,3)30-23(29)26-14-15-7-11-18(12-8-15)27-22-28-21-19-13-17(25)10-9-16(19)5-4-6-20(21)31-22/h9-10,13,15,18H,4-8,11-12,14H2,1-3H3,(H,26,29)(H,27,28). The van der Waals surface area contributed by atoms with Crippen LogP contribution in [0.1, 0.15) is 63.3 Å². The average Bonchev–Trinajstić information content (AvgIpc) is 3.02. The van der Waals surface area contributed by atoms with Crippen molar-refractivity contribution < 1.29 is 13.9 Å². The summed E-state index contributed by atoms with van der Waals surface area (Å²) in [4.78, 5) is 18.0. The molecule has 0 saturated heterocycles. The largest absolute Gasteiger partial charge is 0.444 e. The quantitative estimate of drug-likeness (QED) is 0.612. The average molecular weight is 446 g/mol. The highest BCUT2D eigenvalue weighted by atomic mass is 32.1. The molecule has 7 heteroatoms. The zero-order valence-corrected chi connectivity index (χ0v) is 19.4. The lowest BCUT2D eigenvalue weighted by Crippen LogP contribution is -2.37. The second-order valence-electron chi connectivity index (χ2n) is 9.69. The summed E-state index contributed by atoms with van der Waals surface area (Å²) in [7, 11) is 0. The fourth-order valence-corrected chi connectivity index (χ4v) is 5.54. The van der Waals surface area contributed by atoms with Crippen molar-refractivity contribution in [2.45, 2.75) is 77.4 Å². The second-order valence-corrected chi connectivity index (χ2v) is 10.8. The molecule has 168 valence electrons. The number of amides is 1. The van der Waals surface area contributed by atoms with Gasteiger partial charge in [0.15, 0.2) is 5.13 Å². The van der Waals surface area contributed by atoms with Gasteiger partial charge in [0, 0.05) is 23.0 Å². The Morgan fingerprint density at radius 3 is 2.74 bits per heavy atom. The second kappa shape index (κ2) is 9.15. The fraction of sp³-hybridized carbons (Fsp3) is 0.583. The van der Waals surface area contributed by atoms with Crippen molar-refractivity contribution >= 4 is 22.6 Å².